The van der Waals surface area contributed by atoms with Crippen molar-refractivity contribution in [1.82, 2.24) is 0 Å². The molecule has 0 N–H and O–H groups in total. The molecule has 0 aliphatic rings. The van der Waals surface area contributed by atoms with E-state index in [2.05, 4.69) is 0 Å². The zero-order chi connectivity index (χ0) is 9.23. The summed E-state index contributed by atoms with van der Waals surface area (Å²) in [6.45, 7) is 0. The quantitative estimate of drug-likeness (QED) is 0.313. The van der Waals surface area contributed by atoms with Crippen LogP contribution in [0.15, 0.2) is 0 Å². The molecule has 0 spiro atoms. The summed E-state index contributed by atoms with van der Waals surface area (Å²) in [7, 11) is 0. The fourth-order valence-electron chi connectivity index (χ4n) is 0.939. The van der Waals surface area contributed by atoms with Gasteiger partial charge in [0, 0.05) is 12.8 Å². The highest BCUT2D eigenvalue weighted by Gasteiger charge is 1.97. The monoisotopic (exact) mass is 170 g/mol. The first-order chi connectivity index (χ1) is 5.81. The molecular formula is C9H14O3. The second-order valence-electron chi connectivity index (χ2n) is 2.70. The van der Waals surface area contributed by atoms with Crippen LogP contribution >= 0.6 is 0 Å². The van der Waals surface area contributed by atoms with E-state index >= 15 is 0 Å². The molecule has 0 aromatic heterocycles. The Bertz CT molecular complexity index is 152. The highest BCUT2D eigenvalue weighted by molar-refractivity contribution is 6.24. The van der Waals surface area contributed by atoms with Crippen LogP contribution in [-0.4, -0.2) is 18.4 Å². The van der Waals surface area contributed by atoms with Crippen molar-refractivity contribution >= 4 is 18.4 Å². The molecule has 3 nitrogen and oxygen atoms in total. The van der Waals surface area contributed by atoms with Gasteiger partial charge in [0.15, 0.2) is 12.1 Å². The molecule has 0 amide bonds. The van der Waals surface area contributed by atoms with Crippen LogP contribution in [0.5, 0.6) is 0 Å². The maximum atomic E-state index is 10.5. The summed E-state index contributed by atoms with van der Waals surface area (Å²) < 4.78 is 0. The summed E-state index contributed by atoms with van der Waals surface area (Å²) in [5.41, 5.74) is 0. The van der Waals surface area contributed by atoms with Crippen molar-refractivity contribution in [3.8, 4) is 0 Å². The molecule has 0 aromatic carbocycles. The zero-order valence-electron chi connectivity index (χ0n) is 7.12. The van der Waals surface area contributed by atoms with Gasteiger partial charge in [-0.3, -0.25) is 9.59 Å². The van der Waals surface area contributed by atoms with Crippen LogP contribution in [0.4, 0.5) is 0 Å². The molecule has 0 bridgehead atoms. The van der Waals surface area contributed by atoms with E-state index < -0.39 is 0 Å². The number of hydrogen-bond donors (Lipinski definition) is 0. The van der Waals surface area contributed by atoms with E-state index in [0.717, 1.165) is 32.0 Å². The van der Waals surface area contributed by atoms with E-state index in [4.69, 9.17) is 0 Å². The molecule has 0 aliphatic heterocycles. The Balaban J connectivity index is 3.05. The van der Waals surface area contributed by atoms with Crippen molar-refractivity contribution in [2.45, 2.75) is 38.5 Å². The summed E-state index contributed by atoms with van der Waals surface area (Å²) >= 11 is 0. The van der Waals surface area contributed by atoms with Gasteiger partial charge in [-0.1, -0.05) is 12.8 Å². The number of hydrogen-bond acceptors (Lipinski definition) is 3. The van der Waals surface area contributed by atoms with Crippen molar-refractivity contribution in [2.24, 2.45) is 0 Å². The van der Waals surface area contributed by atoms with E-state index in [1.54, 1.807) is 0 Å². The third-order valence-corrected chi connectivity index (χ3v) is 1.63. The van der Waals surface area contributed by atoms with Crippen LogP contribution < -0.4 is 0 Å². The molecule has 0 aromatic rings. The average molecular weight is 170 g/mol. The molecule has 0 heterocycles. The molecule has 0 fully saturated rings. The molecule has 0 saturated heterocycles. The third kappa shape index (κ3) is 7.12. The van der Waals surface area contributed by atoms with Crippen molar-refractivity contribution in [3.63, 3.8) is 0 Å². The number of unbranched alkanes of at least 4 members (excludes halogenated alkanes) is 4. The predicted molar refractivity (Wildman–Crippen MR) is 44.8 cm³/mol. The standard InChI is InChI=1S/C9H14O3/c10-7-5-3-1-2-4-6-9(12)8-11/h7-8H,1-6H2. The number of aldehydes is 2. The summed E-state index contributed by atoms with van der Waals surface area (Å²) in [6.07, 6.45) is 5.75. The SMILES string of the molecule is O=CCCCCCCC(=O)C=O. The lowest BCUT2D eigenvalue weighted by molar-refractivity contribution is -0.129. The highest BCUT2D eigenvalue weighted by Crippen LogP contribution is 2.03. The Hall–Kier alpha value is -0.990. The number of rotatable bonds is 8. The Kier molecular flexibility index (Phi) is 7.44. The molecule has 0 atom stereocenters. The van der Waals surface area contributed by atoms with Gasteiger partial charge in [-0.15, -0.1) is 0 Å². The first-order valence-electron chi connectivity index (χ1n) is 4.23. The minimum atomic E-state index is -0.328. The molecule has 68 valence electrons. The van der Waals surface area contributed by atoms with Crippen molar-refractivity contribution < 1.29 is 14.4 Å². The van der Waals surface area contributed by atoms with Gasteiger partial charge in [0.05, 0.1) is 0 Å². The average Bonchev–Trinajstić information content (AvgIpc) is 2.10. The third-order valence-electron chi connectivity index (χ3n) is 1.63. The number of ketones is 1. The second kappa shape index (κ2) is 8.11. The lowest BCUT2D eigenvalue weighted by Crippen LogP contribution is -1.97. The number of carbonyl (C=O) groups is 3. The Labute approximate surface area is 72.1 Å². The molecular weight excluding hydrogens is 156 g/mol. The van der Waals surface area contributed by atoms with Gasteiger partial charge in [-0.05, 0) is 12.8 Å². The highest BCUT2D eigenvalue weighted by atomic mass is 16.2. The van der Waals surface area contributed by atoms with Gasteiger partial charge in [-0.2, -0.15) is 0 Å². The van der Waals surface area contributed by atoms with Crippen LogP contribution in [0.2, 0.25) is 0 Å². The minimum Gasteiger partial charge on any atom is -0.303 e. The van der Waals surface area contributed by atoms with Crippen LogP contribution in [-0.2, 0) is 14.4 Å². The zero-order valence-corrected chi connectivity index (χ0v) is 7.12. The largest absolute Gasteiger partial charge is 0.303 e. The molecule has 0 aliphatic carbocycles. The predicted octanol–water partition coefficient (Wildman–Crippen LogP) is 1.29. The van der Waals surface area contributed by atoms with Crippen LogP contribution in [0.25, 0.3) is 0 Å². The van der Waals surface area contributed by atoms with Gasteiger partial charge in [-0.25, -0.2) is 0 Å². The van der Waals surface area contributed by atoms with E-state index in [1.165, 1.54) is 0 Å². The lowest BCUT2D eigenvalue weighted by Gasteiger charge is -1.95. The molecule has 0 radical (unpaired) electrons. The lowest BCUT2D eigenvalue weighted by atomic mass is 10.1. The van der Waals surface area contributed by atoms with Crippen LogP contribution in [0, 0.1) is 0 Å². The summed E-state index contributed by atoms with van der Waals surface area (Å²) in [5, 5.41) is 0. The van der Waals surface area contributed by atoms with Crippen molar-refractivity contribution in [1.29, 1.82) is 0 Å². The fourth-order valence-corrected chi connectivity index (χ4v) is 0.939. The van der Waals surface area contributed by atoms with E-state index in [-0.39, 0.29) is 5.78 Å². The van der Waals surface area contributed by atoms with E-state index in [0.29, 0.717) is 19.1 Å². The van der Waals surface area contributed by atoms with Crippen molar-refractivity contribution in [2.75, 3.05) is 0 Å². The number of Topliss-reactive ketones (excluding diaryl/α,β-unsaturated/α-hetero) is 1. The maximum Gasteiger partial charge on any atom is 0.195 e. The first-order valence-corrected chi connectivity index (χ1v) is 4.23. The van der Waals surface area contributed by atoms with Crippen LogP contribution in [0.3, 0.4) is 0 Å². The normalized spacial score (nSPS) is 9.33. The smallest absolute Gasteiger partial charge is 0.195 e. The second-order valence-corrected chi connectivity index (χ2v) is 2.70. The van der Waals surface area contributed by atoms with Gasteiger partial charge < -0.3 is 4.79 Å². The van der Waals surface area contributed by atoms with E-state index in [9.17, 15) is 14.4 Å². The number of carbonyl (C=O) groups excluding carboxylic acids is 3. The van der Waals surface area contributed by atoms with Gasteiger partial charge in [0.25, 0.3) is 0 Å². The maximum absolute atomic E-state index is 10.5. The van der Waals surface area contributed by atoms with E-state index in [1.807, 2.05) is 0 Å². The Morgan fingerprint density at radius 1 is 1.00 bits per heavy atom. The summed E-state index contributed by atoms with van der Waals surface area (Å²) in [5.74, 6) is -0.328. The minimum absolute atomic E-state index is 0.328. The Morgan fingerprint density at radius 2 is 1.67 bits per heavy atom. The Morgan fingerprint density at radius 3 is 2.25 bits per heavy atom. The van der Waals surface area contributed by atoms with Crippen molar-refractivity contribution in [3.05, 3.63) is 0 Å². The van der Waals surface area contributed by atoms with Gasteiger partial charge in [0.2, 0.25) is 0 Å². The first kappa shape index (κ1) is 11.0. The molecule has 0 unspecified atom stereocenters. The molecule has 0 rings (SSSR count). The summed E-state index contributed by atoms with van der Waals surface area (Å²) in [6, 6.07) is 0. The van der Waals surface area contributed by atoms with Gasteiger partial charge in [0.1, 0.15) is 6.29 Å². The molecule has 3 heteroatoms. The van der Waals surface area contributed by atoms with Gasteiger partial charge >= 0.3 is 0 Å². The topological polar surface area (TPSA) is 51.2 Å². The molecule has 12 heavy (non-hydrogen) atoms. The fraction of sp³-hybridized carbons (Fsp3) is 0.667. The summed E-state index contributed by atoms with van der Waals surface area (Å²) in [4.78, 5) is 30.2. The van der Waals surface area contributed by atoms with Crippen LogP contribution in [0.1, 0.15) is 38.5 Å². The molecule has 0 saturated carbocycles.